The van der Waals surface area contributed by atoms with Gasteiger partial charge in [-0.2, -0.15) is 4.72 Å². The molecule has 0 aliphatic rings. The van der Waals surface area contributed by atoms with Crippen molar-refractivity contribution in [2.75, 3.05) is 31.3 Å². The van der Waals surface area contributed by atoms with Crippen molar-refractivity contribution in [3.63, 3.8) is 0 Å². The van der Waals surface area contributed by atoms with Gasteiger partial charge in [-0.25, -0.2) is 8.42 Å². The molecule has 0 aliphatic heterocycles. The van der Waals surface area contributed by atoms with Crippen LogP contribution in [0.1, 0.15) is 5.56 Å². The first-order chi connectivity index (χ1) is 12.6. The highest BCUT2D eigenvalue weighted by atomic mass is 35.5. The van der Waals surface area contributed by atoms with Crippen molar-refractivity contribution in [1.29, 1.82) is 0 Å². The van der Waals surface area contributed by atoms with E-state index in [1.165, 1.54) is 0 Å². The molecule has 152 valence electrons. The number of fused-ring (bicyclic) bond motifs is 1. The van der Waals surface area contributed by atoms with E-state index in [1.807, 2.05) is 4.72 Å². The summed E-state index contributed by atoms with van der Waals surface area (Å²) in [6.45, 7) is 2.08. The van der Waals surface area contributed by atoms with E-state index < -0.39 is 23.9 Å². The number of hydrogen-bond acceptors (Lipinski definition) is 6. The zero-order valence-corrected chi connectivity index (χ0v) is 18.2. The number of hydrogen-bond donors (Lipinski definition) is 3. The molecule has 0 spiro atoms. The second-order valence-corrected chi connectivity index (χ2v) is 10.8. The Labute approximate surface area is 170 Å². The van der Waals surface area contributed by atoms with Crippen LogP contribution in [0.5, 0.6) is 11.5 Å². The van der Waals surface area contributed by atoms with Gasteiger partial charge in [0.05, 0.1) is 11.8 Å². The van der Waals surface area contributed by atoms with Crippen molar-refractivity contribution in [3.8, 4) is 11.5 Å². The lowest BCUT2D eigenvalue weighted by Gasteiger charge is -2.12. The normalized spacial score (nSPS) is 12.5. The molecule has 2 aromatic rings. The molecule has 2 rings (SSSR count). The number of rotatable bonds is 10. The molecule has 0 radical (unpaired) electrons. The van der Waals surface area contributed by atoms with E-state index in [1.54, 1.807) is 19.1 Å². The van der Waals surface area contributed by atoms with Crippen molar-refractivity contribution in [2.45, 2.75) is 11.1 Å². The number of benzene rings is 1. The summed E-state index contributed by atoms with van der Waals surface area (Å²) in [6, 6.07) is 3.30. The number of nitrogens with one attached hydrogen (secondary N) is 1. The van der Waals surface area contributed by atoms with Crippen LogP contribution >= 0.6 is 42.1 Å². The van der Waals surface area contributed by atoms with Crippen LogP contribution in [0.3, 0.4) is 0 Å². The van der Waals surface area contributed by atoms with Gasteiger partial charge < -0.3 is 19.3 Å². The molecule has 27 heavy (non-hydrogen) atoms. The maximum atomic E-state index is 12.4. The van der Waals surface area contributed by atoms with Gasteiger partial charge in [-0.05, 0) is 18.6 Å². The van der Waals surface area contributed by atoms with Gasteiger partial charge in [0.25, 0.3) is 10.0 Å². The van der Waals surface area contributed by atoms with Crippen molar-refractivity contribution in [2.24, 2.45) is 0 Å². The van der Waals surface area contributed by atoms with Crippen LogP contribution in [-0.4, -0.2) is 49.5 Å². The zero-order valence-electron chi connectivity index (χ0n) is 14.1. The lowest BCUT2D eigenvalue weighted by Crippen LogP contribution is -2.24. The summed E-state index contributed by atoms with van der Waals surface area (Å²) in [7, 11) is -8.62. The van der Waals surface area contributed by atoms with Crippen LogP contribution in [-0.2, 0) is 14.6 Å². The van der Waals surface area contributed by atoms with E-state index in [2.05, 4.69) is 0 Å². The summed E-state index contributed by atoms with van der Waals surface area (Å²) in [4.78, 5) is 17.8. The van der Waals surface area contributed by atoms with Crippen LogP contribution in [0.2, 0.25) is 0 Å². The molecular formula is C14H18Cl2NO7PS2. The lowest BCUT2D eigenvalue weighted by atomic mass is 10.2. The monoisotopic (exact) mass is 477 g/mol. The molecule has 1 aromatic heterocycles. The number of thiophene rings is 1. The molecule has 0 amide bonds. The molecule has 0 saturated carbocycles. The minimum Gasteiger partial charge on any atom is -0.488 e. The van der Waals surface area contributed by atoms with Gasteiger partial charge >= 0.3 is 7.60 Å². The van der Waals surface area contributed by atoms with E-state index in [4.69, 9.17) is 42.5 Å². The first-order valence-corrected chi connectivity index (χ1v) is 12.7. The van der Waals surface area contributed by atoms with Crippen molar-refractivity contribution in [3.05, 3.63) is 17.7 Å². The highest BCUT2D eigenvalue weighted by molar-refractivity contribution is 7.92. The molecule has 0 fully saturated rings. The Hall–Kier alpha value is -0.580. The van der Waals surface area contributed by atoms with Crippen molar-refractivity contribution < 1.29 is 32.2 Å². The predicted molar refractivity (Wildman–Crippen MR) is 106 cm³/mol. The third-order valence-corrected chi connectivity index (χ3v) is 7.70. The van der Waals surface area contributed by atoms with Crippen molar-refractivity contribution >= 4 is 62.2 Å². The summed E-state index contributed by atoms with van der Waals surface area (Å²) in [6.07, 6.45) is -0.975. The summed E-state index contributed by atoms with van der Waals surface area (Å²) in [5.74, 6) is 1.34. The summed E-state index contributed by atoms with van der Waals surface area (Å²) >= 11 is 12.3. The number of aryl methyl sites for hydroxylation is 1. The van der Waals surface area contributed by atoms with E-state index in [-0.39, 0.29) is 29.2 Å². The maximum Gasteiger partial charge on any atom is 0.340 e. The standard InChI is InChI=1S/C14H18Cl2NO7PS2/c1-9-10-6-11(23-4-2-15)12(24-5-3-16)7-13(10)26-14(9)27(21,22)17-8-25(18,19)20/h6-7,17H,2-5,8H2,1H3,(H2,18,19,20). The van der Waals surface area contributed by atoms with Crippen LogP contribution < -0.4 is 14.2 Å². The number of ether oxygens (including phenoxy) is 2. The topological polar surface area (TPSA) is 122 Å². The van der Waals surface area contributed by atoms with Gasteiger partial charge in [0.2, 0.25) is 0 Å². The second kappa shape index (κ2) is 9.28. The van der Waals surface area contributed by atoms with Crippen LogP contribution in [0.4, 0.5) is 0 Å². The first kappa shape index (κ1) is 22.7. The van der Waals surface area contributed by atoms with Gasteiger partial charge in [-0.3, -0.25) is 4.57 Å². The maximum absolute atomic E-state index is 12.4. The van der Waals surface area contributed by atoms with Gasteiger partial charge in [0.15, 0.2) is 11.5 Å². The average molecular weight is 478 g/mol. The Bertz CT molecular complexity index is 958. The third-order valence-electron chi connectivity index (χ3n) is 3.33. The number of alkyl halides is 2. The molecule has 0 bridgehead atoms. The Kier molecular flexibility index (Phi) is 7.80. The van der Waals surface area contributed by atoms with Crippen LogP contribution in [0.25, 0.3) is 10.1 Å². The van der Waals surface area contributed by atoms with Crippen molar-refractivity contribution in [1.82, 2.24) is 4.72 Å². The molecule has 1 heterocycles. The number of halogens is 2. The smallest absolute Gasteiger partial charge is 0.340 e. The Balaban J connectivity index is 2.48. The fourth-order valence-electron chi connectivity index (χ4n) is 2.22. The van der Waals surface area contributed by atoms with Gasteiger partial charge in [-0.15, -0.1) is 34.5 Å². The van der Waals surface area contributed by atoms with E-state index in [0.717, 1.165) is 11.3 Å². The van der Waals surface area contributed by atoms with E-state index in [9.17, 15) is 13.0 Å². The summed E-state index contributed by atoms with van der Waals surface area (Å²) in [5.41, 5.74) is 0.438. The average Bonchev–Trinajstić information content (AvgIpc) is 2.92. The highest BCUT2D eigenvalue weighted by Gasteiger charge is 2.26. The van der Waals surface area contributed by atoms with Gasteiger partial charge in [-0.1, -0.05) is 0 Å². The minimum atomic E-state index is -4.52. The molecular weight excluding hydrogens is 460 g/mol. The van der Waals surface area contributed by atoms with Crippen LogP contribution in [0.15, 0.2) is 16.3 Å². The molecule has 8 nitrogen and oxygen atoms in total. The largest absolute Gasteiger partial charge is 0.488 e. The first-order valence-electron chi connectivity index (χ1n) is 7.58. The third kappa shape index (κ3) is 5.95. The van der Waals surface area contributed by atoms with Gasteiger partial charge in [0.1, 0.15) is 23.7 Å². The molecule has 13 heteroatoms. The molecule has 0 unspecified atom stereocenters. The number of sulfonamides is 1. The summed E-state index contributed by atoms with van der Waals surface area (Å²) in [5, 5.41) is 0.624. The fraction of sp³-hybridized carbons (Fsp3) is 0.429. The zero-order chi connectivity index (χ0) is 20.2. The molecule has 1 aromatic carbocycles. The quantitative estimate of drug-likeness (QED) is 0.355. The molecule has 3 N–H and O–H groups in total. The SMILES string of the molecule is Cc1c(S(=O)(=O)NCP(=O)(O)O)sc2cc(OCCCl)c(OCCCl)cc12. The molecule has 0 atom stereocenters. The Morgan fingerprint density at radius 2 is 1.70 bits per heavy atom. The Morgan fingerprint density at radius 3 is 2.22 bits per heavy atom. The molecule has 0 aliphatic carbocycles. The summed E-state index contributed by atoms with van der Waals surface area (Å²) < 4.78 is 49.5. The van der Waals surface area contributed by atoms with E-state index in [0.29, 0.717) is 27.1 Å². The van der Waals surface area contributed by atoms with Crippen LogP contribution in [0, 0.1) is 6.92 Å². The fourth-order valence-corrected chi connectivity index (χ4v) is 6.21. The Morgan fingerprint density at radius 1 is 1.15 bits per heavy atom. The minimum absolute atomic E-state index is 0.0382. The molecule has 0 saturated heterocycles. The van der Waals surface area contributed by atoms with E-state index >= 15 is 0 Å². The predicted octanol–water partition coefficient (Wildman–Crippen LogP) is 2.86. The second-order valence-electron chi connectivity index (χ2n) is 5.36. The lowest BCUT2D eigenvalue weighted by molar-refractivity contribution is 0.291. The van der Waals surface area contributed by atoms with Gasteiger partial charge in [0, 0.05) is 16.2 Å². The highest BCUT2D eigenvalue weighted by Crippen LogP contribution is 2.41.